The van der Waals surface area contributed by atoms with E-state index < -0.39 is 5.97 Å². The van der Waals surface area contributed by atoms with Crippen LogP contribution in [0, 0.1) is 0 Å². The first-order valence-corrected chi connectivity index (χ1v) is 6.82. The third kappa shape index (κ3) is 6.73. The third-order valence-electron chi connectivity index (χ3n) is 2.13. The van der Waals surface area contributed by atoms with E-state index in [0.29, 0.717) is 13.2 Å². The highest BCUT2D eigenvalue weighted by atomic mass is 32.1. The summed E-state index contributed by atoms with van der Waals surface area (Å²) < 4.78 is 5.12. The van der Waals surface area contributed by atoms with E-state index in [-0.39, 0.29) is 12.5 Å². The van der Waals surface area contributed by atoms with E-state index in [0.717, 1.165) is 22.9 Å². The fraction of sp³-hybridized carbons (Fsp3) is 0.385. The number of carbonyl (C=O) groups excluding carboxylic acids is 1. The fourth-order valence-corrected chi connectivity index (χ4v) is 2.08. The van der Waals surface area contributed by atoms with Gasteiger partial charge in [0.15, 0.2) is 0 Å². The quantitative estimate of drug-likeness (QED) is 0.564. The van der Waals surface area contributed by atoms with Crippen molar-refractivity contribution in [2.45, 2.75) is 19.9 Å². The number of rotatable bonds is 8. The number of hydrogen-bond acceptors (Lipinski definition) is 4. The SMILES string of the molecule is CCCOCC(=O)NCc1cc(/C=C/C(=O)O)cs1. The molecular formula is C13H17NO4S. The Balaban J connectivity index is 2.33. The number of hydrogen-bond donors (Lipinski definition) is 2. The van der Waals surface area contributed by atoms with Crippen LogP contribution >= 0.6 is 11.3 Å². The van der Waals surface area contributed by atoms with Gasteiger partial charge < -0.3 is 15.2 Å². The molecule has 1 rings (SSSR count). The number of thiophene rings is 1. The first-order valence-electron chi connectivity index (χ1n) is 5.94. The number of carboxylic acids is 1. The van der Waals surface area contributed by atoms with Gasteiger partial charge in [0.05, 0.1) is 6.54 Å². The Hall–Kier alpha value is -1.66. The van der Waals surface area contributed by atoms with Crippen molar-refractivity contribution in [2.24, 2.45) is 0 Å². The highest BCUT2D eigenvalue weighted by Crippen LogP contribution is 2.15. The maximum Gasteiger partial charge on any atom is 0.328 e. The smallest absolute Gasteiger partial charge is 0.328 e. The predicted molar refractivity (Wildman–Crippen MR) is 73.9 cm³/mol. The molecule has 0 unspecified atom stereocenters. The molecule has 0 aliphatic carbocycles. The highest BCUT2D eigenvalue weighted by molar-refractivity contribution is 7.10. The summed E-state index contributed by atoms with van der Waals surface area (Å²) in [6.07, 6.45) is 3.50. The van der Waals surface area contributed by atoms with Gasteiger partial charge in [-0.1, -0.05) is 6.92 Å². The first-order chi connectivity index (χ1) is 9.11. The normalized spacial score (nSPS) is 10.8. The molecule has 0 bridgehead atoms. The second kappa shape index (κ2) is 8.44. The lowest BCUT2D eigenvalue weighted by atomic mass is 10.3. The van der Waals surface area contributed by atoms with Crippen molar-refractivity contribution in [3.05, 3.63) is 28.0 Å². The van der Waals surface area contributed by atoms with Crippen LogP contribution < -0.4 is 5.32 Å². The van der Waals surface area contributed by atoms with Crippen molar-refractivity contribution in [1.29, 1.82) is 0 Å². The Morgan fingerprint density at radius 3 is 3.00 bits per heavy atom. The van der Waals surface area contributed by atoms with Crippen LogP contribution in [0.2, 0.25) is 0 Å². The number of amides is 1. The van der Waals surface area contributed by atoms with Crippen LogP contribution in [0.25, 0.3) is 6.08 Å². The molecule has 0 spiro atoms. The van der Waals surface area contributed by atoms with E-state index in [1.54, 1.807) is 0 Å². The van der Waals surface area contributed by atoms with Gasteiger partial charge in [-0.2, -0.15) is 0 Å². The molecule has 0 atom stereocenters. The van der Waals surface area contributed by atoms with Gasteiger partial charge in [-0.3, -0.25) is 4.79 Å². The zero-order valence-corrected chi connectivity index (χ0v) is 11.5. The molecule has 0 saturated carbocycles. The van der Waals surface area contributed by atoms with Gasteiger partial charge in [-0.05, 0) is 29.5 Å². The first kappa shape index (κ1) is 15.4. The minimum absolute atomic E-state index is 0.0744. The maximum absolute atomic E-state index is 11.4. The second-order valence-corrected chi connectivity index (χ2v) is 4.84. The van der Waals surface area contributed by atoms with E-state index >= 15 is 0 Å². The molecule has 0 aliphatic heterocycles. The zero-order chi connectivity index (χ0) is 14.1. The van der Waals surface area contributed by atoms with Crippen LogP contribution in [-0.2, 0) is 20.9 Å². The van der Waals surface area contributed by atoms with Crippen LogP contribution in [0.4, 0.5) is 0 Å². The van der Waals surface area contributed by atoms with Gasteiger partial charge in [0.25, 0.3) is 0 Å². The molecule has 1 aromatic heterocycles. The molecule has 0 fully saturated rings. The Labute approximate surface area is 115 Å². The lowest BCUT2D eigenvalue weighted by Gasteiger charge is -2.03. The third-order valence-corrected chi connectivity index (χ3v) is 3.09. The van der Waals surface area contributed by atoms with Gasteiger partial charge in [-0.15, -0.1) is 11.3 Å². The number of carbonyl (C=O) groups is 2. The van der Waals surface area contributed by atoms with Gasteiger partial charge in [0.1, 0.15) is 6.61 Å². The molecule has 104 valence electrons. The highest BCUT2D eigenvalue weighted by Gasteiger charge is 2.03. The summed E-state index contributed by atoms with van der Waals surface area (Å²) in [4.78, 5) is 22.7. The van der Waals surface area contributed by atoms with E-state index in [1.807, 2.05) is 18.4 Å². The molecule has 0 aliphatic rings. The summed E-state index contributed by atoms with van der Waals surface area (Å²) in [6, 6.07) is 1.84. The molecule has 6 heteroatoms. The van der Waals surface area contributed by atoms with Gasteiger partial charge in [0, 0.05) is 17.6 Å². The van der Waals surface area contributed by atoms with Crippen molar-refractivity contribution in [3.63, 3.8) is 0 Å². The van der Waals surface area contributed by atoms with Crippen LogP contribution in [-0.4, -0.2) is 30.2 Å². The van der Waals surface area contributed by atoms with Crippen LogP contribution in [0.1, 0.15) is 23.8 Å². The van der Waals surface area contributed by atoms with Crippen molar-refractivity contribution in [3.8, 4) is 0 Å². The minimum atomic E-state index is -0.978. The van der Waals surface area contributed by atoms with E-state index in [9.17, 15) is 9.59 Å². The van der Waals surface area contributed by atoms with Crippen molar-refractivity contribution in [1.82, 2.24) is 5.32 Å². The molecule has 5 nitrogen and oxygen atoms in total. The summed E-state index contributed by atoms with van der Waals surface area (Å²) >= 11 is 1.47. The lowest BCUT2D eigenvalue weighted by Crippen LogP contribution is -2.26. The number of carboxylic acid groups (broad SMARTS) is 1. The molecule has 19 heavy (non-hydrogen) atoms. The van der Waals surface area contributed by atoms with Crippen molar-refractivity contribution < 1.29 is 19.4 Å². The van der Waals surface area contributed by atoms with Crippen LogP contribution in [0.3, 0.4) is 0 Å². The summed E-state index contributed by atoms with van der Waals surface area (Å²) in [5.74, 6) is -1.13. The van der Waals surface area contributed by atoms with Crippen molar-refractivity contribution >= 4 is 29.3 Å². The summed E-state index contributed by atoms with van der Waals surface area (Å²) in [5.41, 5.74) is 0.818. The average Bonchev–Trinajstić information content (AvgIpc) is 2.82. The fourth-order valence-electron chi connectivity index (χ4n) is 1.29. The monoisotopic (exact) mass is 283 g/mol. The van der Waals surface area contributed by atoms with E-state index in [4.69, 9.17) is 9.84 Å². The molecule has 1 aromatic rings. The Morgan fingerprint density at radius 2 is 2.32 bits per heavy atom. The predicted octanol–water partition coefficient (Wildman–Crippen LogP) is 1.89. The molecule has 0 aromatic carbocycles. The molecule has 0 radical (unpaired) electrons. The summed E-state index contributed by atoms with van der Waals surface area (Å²) in [5, 5.41) is 13.1. The second-order valence-electron chi connectivity index (χ2n) is 3.85. The van der Waals surface area contributed by atoms with Gasteiger partial charge in [-0.25, -0.2) is 4.79 Å². The number of aliphatic carboxylic acids is 1. The summed E-state index contributed by atoms with van der Waals surface area (Å²) in [7, 11) is 0. The minimum Gasteiger partial charge on any atom is -0.478 e. The summed E-state index contributed by atoms with van der Waals surface area (Å²) in [6.45, 7) is 3.07. The largest absolute Gasteiger partial charge is 0.478 e. The molecule has 1 heterocycles. The molecule has 1 amide bonds. The zero-order valence-electron chi connectivity index (χ0n) is 10.7. The lowest BCUT2D eigenvalue weighted by molar-refractivity contribution is -0.131. The topological polar surface area (TPSA) is 75.6 Å². The molecule has 2 N–H and O–H groups in total. The molecular weight excluding hydrogens is 266 g/mol. The van der Waals surface area contributed by atoms with E-state index in [1.165, 1.54) is 17.4 Å². The standard InChI is InChI=1S/C13H17NO4S/c1-2-5-18-8-12(15)14-7-11-6-10(9-19-11)3-4-13(16)17/h3-4,6,9H,2,5,7-8H2,1H3,(H,14,15)(H,16,17)/b4-3+. The Morgan fingerprint density at radius 1 is 1.53 bits per heavy atom. The maximum atomic E-state index is 11.4. The number of nitrogens with one attached hydrogen (secondary N) is 1. The molecule has 0 saturated heterocycles. The van der Waals surface area contributed by atoms with Crippen LogP contribution in [0.5, 0.6) is 0 Å². The van der Waals surface area contributed by atoms with E-state index in [2.05, 4.69) is 5.32 Å². The van der Waals surface area contributed by atoms with Gasteiger partial charge >= 0.3 is 5.97 Å². The Kier molecular flexibility index (Phi) is 6.84. The number of ether oxygens (including phenoxy) is 1. The van der Waals surface area contributed by atoms with Gasteiger partial charge in [0.2, 0.25) is 5.91 Å². The Bertz CT molecular complexity index is 453. The average molecular weight is 283 g/mol. The van der Waals surface area contributed by atoms with Crippen LogP contribution in [0.15, 0.2) is 17.5 Å². The van der Waals surface area contributed by atoms with Crippen molar-refractivity contribution in [2.75, 3.05) is 13.2 Å².